The van der Waals surface area contributed by atoms with Crippen LogP contribution in [0.2, 0.25) is 0 Å². The van der Waals surface area contributed by atoms with E-state index in [9.17, 15) is 4.79 Å². The Bertz CT molecular complexity index is 344. The second-order valence-corrected chi connectivity index (χ2v) is 4.33. The summed E-state index contributed by atoms with van der Waals surface area (Å²) in [5.41, 5.74) is 6.82. The first-order valence-corrected chi connectivity index (χ1v) is 6.59. The van der Waals surface area contributed by atoms with Gasteiger partial charge in [-0.05, 0) is 30.6 Å². The Hall–Kier alpha value is -1.07. The van der Waals surface area contributed by atoms with Crippen molar-refractivity contribution in [3.8, 4) is 0 Å². The minimum atomic E-state index is -0.0572. The van der Waals surface area contributed by atoms with E-state index in [1.807, 2.05) is 0 Å². The number of nitrogens with two attached hydrogens (primary N) is 1. The molecule has 1 rings (SSSR count). The fraction of sp³-hybridized carbons (Fsp3) is 0.455. The summed E-state index contributed by atoms with van der Waals surface area (Å²) in [7, 11) is 0. The smallest absolute Gasteiger partial charge is 0.251 e. The maximum Gasteiger partial charge on any atom is 0.251 e. The highest BCUT2D eigenvalue weighted by molar-refractivity contribution is 7.98. The first-order chi connectivity index (χ1) is 7.77. The maximum absolute atomic E-state index is 11.7. The molecule has 0 aliphatic carbocycles. The number of carbonyl (C=O) groups excluding carboxylic acids is 1. The SMILES string of the molecule is CSCCCNC(=O)c1ccnc(CN)c1. The Kier molecular flexibility index (Phi) is 5.88. The average Bonchev–Trinajstić information content (AvgIpc) is 2.34. The van der Waals surface area contributed by atoms with Crippen LogP contribution in [0.4, 0.5) is 0 Å². The minimum Gasteiger partial charge on any atom is -0.352 e. The molecule has 88 valence electrons. The number of nitrogens with one attached hydrogen (secondary N) is 1. The van der Waals surface area contributed by atoms with Crippen molar-refractivity contribution in [2.75, 3.05) is 18.6 Å². The number of amides is 1. The Morgan fingerprint density at radius 1 is 1.62 bits per heavy atom. The minimum absolute atomic E-state index is 0.0572. The number of hydrogen-bond donors (Lipinski definition) is 2. The summed E-state index contributed by atoms with van der Waals surface area (Å²) in [4.78, 5) is 15.7. The van der Waals surface area contributed by atoms with Crippen LogP contribution in [0, 0.1) is 0 Å². The molecule has 0 bridgehead atoms. The lowest BCUT2D eigenvalue weighted by atomic mass is 10.2. The molecule has 4 nitrogen and oxygen atoms in total. The van der Waals surface area contributed by atoms with Gasteiger partial charge in [-0.15, -0.1) is 0 Å². The average molecular weight is 239 g/mol. The quantitative estimate of drug-likeness (QED) is 0.727. The van der Waals surface area contributed by atoms with Crippen LogP contribution in [-0.4, -0.2) is 29.4 Å². The van der Waals surface area contributed by atoms with Crippen molar-refractivity contribution >= 4 is 17.7 Å². The van der Waals surface area contributed by atoms with E-state index in [2.05, 4.69) is 16.6 Å². The molecule has 0 saturated heterocycles. The molecule has 0 atom stereocenters. The Labute approximate surface area is 100 Å². The Morgan fingerprint density at radius 2 is 2.44 bits per heavy atom. The number of hydrogen-bond acceptors (Lipinski definition) is 4. The van der Waals surface area contributed by atoms with Gasteiger partial charge in [0.2, 0.25) is 0 Å². The van der Waals surface area contributed by atoms with Crippen molar-refractivity contribution in [2.24, 2.45) is 5.73 Å². The largest absolute Gasteiger partial charge is 0.352 e. The van der Waals surface area contributed by atoms with Crippen LogP contribution in [0.1, 0.15) is 22.5 Å². The first kappa shape index (κ1) is 13.0. The lowest BCUT2D eigenvalue weighted by Gasteiger charge is -2.05. The molecule has 0 aromatic carbocycles. The van der Waals surface area contributed by atoms with Crippen LogP contribution in [0.3, 0.4) is 0 Å². The number of carbonyl (C=O) groups is 1. The van der Waals surface area contributed by atoms with Crippen molar-refractivity contribution in [1.29, 1.82) is 0 Å². The van der Waals surface area contributed by atoms with Gasteiger partial charge in [-0.25, -0.2) is 0 Å². The first-order valence-electron chi connectivity index (χ1n) is 5.20. The van der Waals surface area contributed by atoms with Gasteiger partial charge in [0.05, 0.1) is 5.69 Å². The van der Waals surface area contributed by atoms with Gasteiger partial charge in [-0.3, -0.25) is 9.78 Å². The van der Waals surface area contributed by atoms with E-state index in [0.717, 1.165) is 17.9 Å². The van der Waals surface area contributed by atoms with Crippen LogP contribution in [-0.2, 0) is 6.54 Å². The van der Waals surface area contributed by atoms with Gasteiger partial charge in [0.1, 0.15) is 0 Å². The predicted molar refractivity (Wildman–Crippen MR) is 67.5 cm³/mol. The van der Waals surface area contributed by atoms with E-state index in [1.165, 1.54) is 0 Å². The van der Waals surface area contributed by atoms with E-state index in [-0.39, 0.29) is 5.91 Å². The van der Waals surface area contributed by atoms with Crippen molar-refractivity contribution < 1.29 is 4.79 Å². The number of rotatable bonds is 6. The summed E-state index contributed by atoms with van der Waals surface area (Å²) < 4.78 is 0. The molecule has 1 heterocycles. The van der Waals surface area contributed by atoms with Crippen LogP contribution >= 0.6 is 11.8 Å². The summed E-state index contributed by atoms with van der Waals surface area (Å²) in [6, 6.07) is 3.42. The highest BCUT2D eigenvalue weighted by atomic mass is 32.2. The maximum atomic E-state index is 11.7. The molecule has 0 saturated carbocycles. The van der Waals surface area contributed by atoms with Gasteiger partial charge in [-0.1, -0.05) is 0 Å². The fourth-order valence-electron chi connectivity index (χ4n) is 1.25. The van der Waals surface area contributed by atoms with Crippen molar-refractivity contribution in [1.82, 2.24) is 10.3 Å². The summed E-state index contributed by atoms with van der Waals surface area (Å²) >= 11 is 1.78. The third-order valence-corrected chi connectivity index (χ3v) is 2.80. The molecule has 1 amide bonds. The van der Waals surface area contributed by atoms with Crippen LogP contribution in [0.15, 0.2) is 18.3 Å². The molecule has 0 spiro atoms. The van der Waals surface area contributed by atoms with Crippen molar-refractivity contribution in [3.05, 3.63) is 29.6 Å². The molecular formula is C11H17N3OS. The van der Waals surface area contributed by atoms with Gasteiger partial charge in [0.25, 0.3) is 5.91 Å². The topological polar surface area (TPSA) is 68.0 Å². The van der Waals surface area contributed by atoms with Crippen LogP contribution in [0.5, 0.6) is 0 Å². The number of pyridine rings is 1. The van der Waals surface area contributed by atoms with E-state index >= 15 is 0 Å². The van der Waals surface area contributed by atoms with Crippen molar-refractivity contribution in [3.63, 3.8) is 0 Å². The molecule has 0 fully saturated rings. The monoisotopic (exact) mass is 239 g/mol. The zero-order valence-electron chi connectivity index (χ0n) is 9.40. The number of aromatic nitrogens is 1. The van der Waals surface area contributed by atoms with E-state index in [0.29, 0.717) is 18.7 Å². The van der Waals surface area contributed by atoms with E-state index < -0.39 is 0 Å². The summed E-state index contributed by atoms with van der Waals surface area (Å²) in [5.74, 6) is 1.00. The second kappa shape index (κ2) is 7.24. The molecule has 5 heteroatoms. The zero-order chi connectivity index (χ0) is 11.8. The second-order valence-electron chi connectivity index (χ2n) is 3.34. The van der Waals surface area contributed by atoms with Crippen molar-refractivity contribution in [2.45, 2.75) is 13.0 Å². The van der Waals surface area contributed by atoms with Crippen LogP contribution in [0.25, 0.3) is 0 Å². The van der Waals surface area contributed by atoms with Crippen LogP contribution < -0.4 is 11.1 Å². The van der Waals surface area contributed by atoms with E-state index in [1.54, 1.807) is 30.1 Å². The van der Waals surface area contributed by atoms with E-state index in [4.69, 9.17) is 5.73 Å². The highest BCUT2D eigenvalue weighted by Crippen LogP contribution is 2.01. The lowest BCUT2D eigenvalue weighted by Crippen LogP contribution is -2.25. The molecular weight excluding hydrogens is 222 g/mol. The third-order valence-electron chi connectivity index (χ3n) is 2.10. The molecule has 16 heavy (non-hydrogen) atoms. The highest BCUT2D eigenvalue weighted by Gasteiger charge is 2.05. The van der Waals surface area contributed by atoms with Gasteiger partial charge < -0.3 is 11.1 Å². The third kappa shape index (κ3) is 4.20. The summed E-state index contributed by atoms with van der Waals surface area (Å²) in [6.45, 7) is 1.06. The zero-order valence-corrected chi connectivity index (χ0v) is 10.2. The molecule has 1 aromatic rings. The van der Waals surface area contributed by atoms with Gasteiger partial charge >= 0.3 is 0 Å². The number of thioether (sulfide) groups is 1. The molecule has 0 unspecified atom stereocenters. The molecule has 0 aliphatic heterocycles. The fourth-order valence-corrected chi connectivity index (χ4v) is 1.68. The van der Waals surface area contributed by atoms with Gasteiger partial charge in [0, 0.05) is 24.8 Å². The lowest BCUT2D eigenvalue weighted by molar-refractivity contribution is 0.0953. The summed E-state index contributed by atoms with van der Waals surface area (Å²) in [6.07, 6.45) is 4.65. The summed E-state index contributed by atoms with van der Waals surface area (Å²) in [5, 5.41) is 2.86. The molecule has 0 radical (unpaired) electrons. The normalized spacial score (nSPS) is 10.1. The Morgan fingerprint density at radius 3 is 3.12 bits per heavy atom. The standard InChI is InChI=1S/C11H17N3OS/c1-16-6-2-4-14-11(15)9-3-5-13-10(7-9)8-12/h3,5,7H,2,4,6,8,12H2,1H3,(H,14,15). The molecule has 0 aliphatic rings. The molecule has 1 aromatic heterocycles. The Balaban J connectivity index is 2.46. The predicted octanol–water partition coefficient (Wildman–Crippen LogP) is 1.02. The van der Waals surface area contributed by atoms with Gasteiger partial charge in [-0.2, -0.15) is 11.8 Å². The van der Waals surface area contributed by atoms with Gasteiger partial charge in [0.15, 0.2) is 0 Å². The number of nitrogens with zero attached hydrogens (tertiary/aromatic N) is 1. The molecule has 3 N–H and O–H groups in total.